The lowest BCUT2D eigenvalue weighted by Crippen LogP contribution is -2.59. The normalized spacial score (nSPS) is 30.6. The fourth-order valence-electron chi connectivity index (χ4n) is 4.10. The summed E-state index contributed by atoms with van der Waals surface area (Å²) in [6, 6.07) is 0.199. The van der Waals surface area contributed by atoms with Crippen LogP contribution in [0.2, 0.25) is 0 Å². The molecule has 7 nitrogen and oxygen atoms in total. The maximum atomic E-state index is 12.9. The molecular formula is C16H29N3O4S. The van der Waals surface area contributed by atoms with Crippen molar-refractivity contribution >= 4 is 16.1 Å². The van der Waals surface area contributed by atoms with Crippen molar-refractivity contribution in [3.63, 3.8) is 0 Å². The van der Waals surface area contributed by atoms with Crippen LogP contribution in [0.25, 0.3) is 0 Å². The number of fused-ring (bicyclic) bond motifs is 1. The summed E-state index contributed by atoms with van der Waals surface area (Å²) in [7, 11) is -3.41. The Morgan fingerprint density at radius 1 is 1.12 bits per heavy atom. The first-order valence-electron chi connectivity index (χ1n) is 9.02. The molecule has 138 valence electrons. The molecule has 8 heteroatoms. The molecule has 24 heavy (non-hydrogen) atoms. The zero-order chi connectivity index (χ0) is 17.3. The van der Waals surface area contributed by atoms with Crippen LogP contribution in [0.1, 0.15) is 33.1 Å². The van der Waals surface area contributed by atoms with E-state index in [0.29, 0.717) is 51.7 Å². The van der Waals surface area contributed by atoms with Crippen LogP contribution in [-0.2, 0) is 19.7 Å². The summed E-state index contributed by atoms with van der Waals surface area (Å²) < 4.78 is 34.1. The maximum Gasteiger partial charge on any atom is 0.282 e. The number of likely N-dealkylation sites (tertiary alicyclic amines) is 1. The molecule has 0 aromatic heterocycles. The molecule has 3 fully saturated rings. The molecule has 3 heterocycles. The molecule has 3 rings (SSSR count). The smallest absolute Gasteiger partial charge is 0.282 e. The van der Waals surface area contributed by atoms with Gasteiger partial charge >= 0.3 is 0 Å². The van der Waals surface area contributed by atoms with Crippen molar-refractivity contribution in [2.24, 2.45) is 11.8 Å². The second-order valence-electron chi connectivity index (χ2n) is 7.47. The van der Waals surface area contributed by atoms with Gasteiger partial charge in [-0.15, -0.1) is 0 Å². The number of morpholine rings is 1. The van der Waals surface area contributed by atoms with E-state index in [1.54, 1.807) is 4.31 Å². The lowest BCUT2D eigenvalue weighted by atomic mass is 9.84. The van der Waals surface area contributed by atoms with Crippen LogP contribution in [0.4, 0.5) is 0 Å². The molecule has 0 aliphatic carbocycles. The first-order chi connectivity index (χ1) is 11.4. The number of rotatable bonds is 4. The molecule has 0 aromatic carbocycles. The summed E-state index contributed by atoms with van der Waals surface area (Å²) in [6.45, 7) is 7.86. The average Bonchev–Trinajstić information content (AvgIpc) is 2.57. The van der Waals surface area contributed by atoms with Gasteiger partial charge in [0.2, 0.25) is 5.91 Å². The summed E-state index contributed by atoms with van der Waals surface area (Å²) in [5.41, 5.74) is 0. The summed E-state index contributed by atoms with van der Waals surface area (Å²) in [5, 5.41) is 0. The van der Waals surface area contributed by atoms with Gasteiger partial charge in [0.05, 0.1) is 13.2 Å². The van der Waals surface area contributed by atoms with Gasteiger partial charge in [-0.2, -0.15) is 17.0 Å². The Balaban J connectivity index is 1.69. The molecular weight excluding hydrogens is 330 g/mol. The fourth-order valence-corrected chi connectivity index (χ4v) is 5.75. The van der Waals surface area contributed by atoms with Crippen molar-refractivity contribution in [1.82, 2.24) is 13.5 Å². The van der Waals surface area contributed by atoms with E-state index < -0.39 is 10.2 Å². The zero-order valence-corrected chi connectivity index (χ0v) is 15.5. The Morgan fingerprint density at radius 3 is 2.50 bits per heavy atom. The monoisotopic (exact) mass is 359 g/mol. The first-order valence-corrected chi connectivity index (χ1v) is 10.4. The van der Waals surface area contributed by atoms with Gasteiger partial charge in [-0.1, -0.05) is 13.8 Å². The standard InChI is InChI=1S/C16H29N3O4S/c1-13(2)11-19-15-5-6-18(12-14(15)3-4-16(19)20)24(21,22)17-7-9-23-10-8-17/h13-15H,3-12H2,1-2H3/t14-,15+/m0/s1. The fraction of sp³-hybridized carbons (Fsp3) is 0.938. The molecule has 0 aromatic rings. The third-order valence-electron chi connectivity index (χ3n) is 5.29. The Labute approximate surface area is 145 Å². The van der Waals surface area contributed by atoms with Crippen molar-refractivity contribution in [1.29, 1.82) is 0 Å². The topological polar surface area (TPSA) is 70.2 Å². The summed E-state index contributed by atoms with van der Waals surface area (Å²) in [5.74, 6) is 0.920. The molecule has 0 spiro atoms. The van der Waals surface area contributed by atoms with E-state index in [1.807, 2.05) is 4.90 Å². The van der Waals surface area contributed by atoms with E-state index in [4.69, 9.17) is 4.74 Å². The summed E-state index contributed by atoms with van der Waals surface area (Å²) >= 11 is 0. The van der Waals surface area contributed by atoms with Crippen LogP contribution in [0.15, 0.2) is 0 Å². The average molecular weight is 359 g/mol. The van der Waals surface area contributed by atoms with E-state index in [2.05, 4.69) is 13.8 Å². The zero-order valence-electron chi connectivity index (χ0n) is 14.7. The van der Waals surface area contributed by atoms with E-state index in [-0.39, 0.29) is 17.9 Å². The van der Waals surface area contributed by atoms with Crippen molar-refractivity contribution in [2.75, 3.05) is 45.9 Å². The van der Waals surface area contributed by atoms with Crippen molar-refractivity contribution < 1.29 is 17.9 Å². The third-order valence-corrected chi connectivity index (χ3v) is 7.29. The SMILES string of the molecule is CC(C)CN1C(=O)CC[C@H]2CN(S(=O)(=O)N3CCOCC3)CC[C@H]21. The number of piperidine rings is 2. The number of hydrogen-bond acceptors (Lipinski definition) is 4. The van der Waals surface area contributed by atoms with Crippen LogP contribution in [0.5, 0.6) is 0 Å². The van der Waals surface area contributed by atoms with E-state index in [0.717, 1.165) is 19.4 Å². The lowest BCUT2D eigenvalue weighted by Gasteiger charge is -2.47. The van der Waals surface area contributed by atoms with Gasteiger partial charge in [0.1, 0.15) is 0 Å². The maximum absolute atomic E-state index is 12.9. The molecule has 3 saturated heterocycles. The van der Waals surface area contributed by atoms with E-state index in [1.165, 1.54) is 4.31 Å². The highest BCUT2D eigenvalue weighted by Gasteiger charge is 2.43. The van der Waals surface area contributed by atoms with Gasteiger partial charge in [0, 0.05) is 45.2 Å². The molecule has 3 aliphatic heterocycles. The number of carbonyl (C=O) groups is 1. The van der Waals surface area contributed by atoms with Gasteiger partial charge in [-0.25, -0.2) is 0 Å². The van der Waals surface area contributed by atoms with Crippen LogP contribution < -0.4 is 0 Å². The minimum atomic E-state index is -3.41. The van der Waals surface area contributed by atoms with Gasteiger partial charge in [0.15, 0.2) is 0 Å². The van der Waals surface area contributed by atoms with E-state index in [9.17, 15) is 13.2 Å². The highest BCUT2D eigenvalue weighted by Crippen LogP contribution is 2.33. The predicted octanol–water partition coefficient (Wildman–Crippen LogP) is 0.532. The van der Waals surface area contributed by atoms with Crippen LogP contribution in [0, 0.1) is 11.8 Å². The largest absolute Gasteiger partial charge is 0.379 e. The second kappa shape index (κ2) is 7.27. The Bertz CT molecular complexity index is 560. The quantitative estimate of drug-likeness (QED) is 0.734. The number of amides is 1. The van der Waals surface area contributed by atoms with Crippen molar-refractivity contribution in [2.45, 2.75) is 39.2 Å². The van der Waals surface area contributed by atoms with Crippen LogP contribution in [-0.4, -0.2) is 79.8 Å². The minimum Gasteiger partial charge on any atom is -0.379 e. The van der Waals surface area contributed by atoms with Crippen LogP contribution in [0.3, 0.4) is 0 Å². The number of carbonyl (C=O) groups excluding carboxylic acids is 1. The summed E-state index contributed by atoms with van der Waals surface area (Å²) in [6.07, 6.45) is 2.08. The Morgan fingerprint density at radius 2 is 1.83 bits per heavy atom. The summed E-state index contributed by atoms with van der Waals surface area (Å²) in [4.78, 5) is 14.3. The molecule has 0 bridgehead atoms. The van der Waals surface area contributed by atoms with Crippen LogP contribution >= 0.6 is 0 Å². The molecule has 1 amide bonds. The number of ether oxygens (including phenoxy) is 1. The van der Waals surface area contributed by atoms with E-state index >= 15 is 0 Å². The minimum absolute atomic E-state index is 0.199. The van der Waals surface area contributed by atoms with Crippen molar-refractivity contribution in [3.8, 4) is 0 Å². The lowest BCUT2D eigenvalue weighted by molar-refractivity contribution is -0.141. The number of nitrogens with zero attached hydrogens (tertiary/aromatic N) is 3. The molecule has 0 radical (unpaired) electrons. The van der Waals surface area contributed by atoms with Gasteiger partial charge in [0.25, 0.3) is 10.2 Å². The Hall–Kier alpha value is -0.700. The predicted molar refractivity (Wildman–Crippen MR) is 90.6 cm³/mol. The van der Waals surface area contributed by atoms with Gasteiger partial charge < -0.3 is 9.64 Å². The number of hydrogen-bond donors (Lipinski definition) is 0. The molecule has 0 saturated carbocycles. The first kappa shape index (κ1) is 18.1. The van der Waals surface area contributed by atoms with Gasteiger partial charge in [-0.05, 0) is 24.7 Å². The van der Waals surface area contributed by atoms with Gasteiger partial charge in [-0.3, -0.25) is 4.79 Å². The van der Waals surface area contributed by atoms with Crippen molar-refractivity contribution in [3.05, 3.63) is 0 Å². The second-order valence-corrected chi connectivity index (χ2v) is 9.40. The molecule has 2 atom stereocenters. The Kier molecular flexibility index (Phi) is 5.48. The highest BCUT2D eigenvalue weighted by molar-refractivity contribution is 7.86. The molecule has 0 unspecified atom stereocenters. The highest BCUT2D eigenvalue weighted by atomic mass is 32.2. The third kappa shape index (κ3) is 3.61. The molecule has 3 aliphatic rings. The molecule has 0 N–H and O–H groups in total.